The molecule has 0 saturated carbocycles. The smallest absolute Gasteiger partial charge is 0.243 e. The first-order valence-corrected chi connectivity index (χ1v) is 6.56. The molecule has 18 heavy (non-hydrogen) atoms. The summed E-state index contributed by atoms with van der Waals surface area (Å²) in [5.41, 5.74) is 5.66. The van der Waals surface area contributed by atoms with Crippen molar-refractivity contribution in [2.75, 3.05) is 5.32 Å². The first kappa shape index (κ1) is 17.3. The zero-order valence-electron chi connectivity index (χ0n) is 11.2. The SMILES string of the molecule is CCCC(N)C(=O)Nc1nnc(C(C)(C)C)s1.Cl. The summed E-state index contributed by atoms with van der Waals surface area (Å²) >= 11 is 1.39. The van der Waals surface area contributed by atoms with Crippen molar-refractivity contribution in [2.45, 2.75) is 52.0 Å². The van der Waals surface area contributed by atoms with Gasteiger partial charge in [0.25, 0.3) is 0 Å². The van der Waals surface area contributed by atoms with E-state index < -0.39 is 6.04 Å². The van der Waals surface area contributed by atoms with Crippen molar-refractivity contribution in [1.82, 2.24) is 10.2 Å². The second kappa shape index (κ2) is 7.01. The Morgan fingerprint density at radius 3 is 2.50 bits per heavy atom. The van der Waals surface area contributed by atoms with Gasteiger partial charge in [-0.2, -0.15) is 0 Å². The highest BCUT2D eigenvalue weighted by Crippen LogP contribution is 2.27. The molecule has 1 unspecified atom stereocenters. The Bertz CT molecular complexity index is 389. The van der Waals surface area contributed by atoms with Crippen LogP contribution in [0.5, 0.6) is 0 Å². The van der Waals surface area contributed by atoms with Gasteiger partial charge in [-0.1, -0.05) is 45.5 Å². The molecule has 0 saturated heterocycles. The number of anilines is 1. The van der Waals surface area contributed by atoms with Crippen molar-refractivity contribution in [1.29, 1.82) is 0 Å². The quantitative estimate of drug-likeness (QED) is 0.892. The summed E-state index contributed by atoms with van der Waals surface area (Å²) in [5, 5.41) is 12.1. The lowest BCUT2D eigenvalue weighted by Gasteiger charge is -2.12. The van der Waals surface area contributed by atoms with E-state index in [0.29, 0.717) is 11.6 Å². The Morgan fingerprint density at radius 1 is 1.44 bits per heavy atom. The summed E-state index contributed by atoms with van der Waals surface area (Å²) < 4.78 is 0. The Hall–Kier alpha value is -0.720. The van der Waals surface area contributed by atoms with E-state index in [1.165, 1.54) is 11.3 Å². The monoisotopic (exact) mass is 292 g/mol. The maximum atomic E-state index is 11.7. The normalized spacial score (nSPS) is 12.7. The number of aromatic nitrogens is 2. The Labute approximate surface area is 118 Å². The summed E-state index contributed by atoms with van der Waals surface area (Å²) in [7, 11) is 0. The van der Waals surface area contributed by atoms with Gasteiger partial charge in [0.2, 0.25) is 11.0 Å². The third-order valence-corrected chi connectivity index (χ3v) is 3.50. The molecule has 0 fully saturated rings. The zero-order valence-corrected chi connectivity index (χ0v) is 12.8. The van der Waals surface area contributed by atoms with Crippen LogP contribution in [0.25, 0.3) is 0 Å². The lowest BCUT2D eigenvalue weighted by Crippen LogP contribution is -2.35. The minimum atomic E-state index is -0.470. The van der Waals surface area contributed by atoms with E-state index in [4.69, 9.17) is 5.73 Å². The molecule has 0 spiro atoms. The van der Waals surface area contributed by atoms with Gasteiger partial charge in [0.15, 0.2) is 0 Å². The van der Waals surface area contributed by atoms with Gasteiger partial charge in [0, 0.05) is 5.41 Å². The molecular formula is C11H21ClN4OS. The lowest BCUT2D eigenvalue weighted by molar-refractivity contribution is -0.117. The number of hydrogen-bond acceptors (Lipinski definition) is 5. The zero-order chi connectivity index (χ0) is 13.1. The predicted octanol–water partition coefficient (Wildman–Crippen LogP) is 2.32. The Balaban J connectivity index is 0.00000289. The van der Waals surface area contributed by atoms with Crippen molar-refractivity contribution in [3.05, 3.63) is 5.01 Å². The van der Waals surface area contributed by atoms with E-state index in [1.807, 2.05) is 6.92 Å². The fraction of sp³-hybridized carbons (Fsp3) is 0.727. The average Bonchev–Trinajstić information content (AvgIpc) is 2.66. The fourth-order valence-electron chi connectivity index (χ4n) is 1.22. The van der Waals surface area contributed by atoms with E-state index in [9.17, 15) is 4.79 Å². The van der Waals surface area contributed by atoms with E-state index in [2.05, 4.69) is 36.3 Å². The molecule has 0 aliphatic rings. The fourth-order valence-corrected chi connectivity index (χ4v) is 2.02. The van der Waals surface area contributed by atoms with E-state index >= 15 is 0 Å². The maximum Gasteiger partial charge on any atom is 0.243 e. The number of halogens is 1. The number of nitrogens with zero attached hydrogens (tertiary/aromatic N) is 2. The van der Waals surface area contributed by atoms with Crippen LogP contribution >= 0.6 is 23.7 Å². The topological polar surface area (TPSA) is 80.9 Å². The molecule has 5 nitrogen and oxygen atoms in total. The molecule has 0 bridgehead atoms. The predicted molar refractivity (Wildman–Crippen MR) is 77.4 cm³/mol. The van der Waals surface area contributed by atoms with Crippen LogP contribution in [-0.2, 0) is 10.2 Å². The third-order valence-electron chi connectivity index (χ3n) is 2.23. The summed E-state index contributed by atoms with van der Waals surface area (Å²) in [4.78, 5) is 11.7. The van der Waals surface area contributed by atoms with Crippen molar-refractivity contribution in [3.8, 4) is 0 Å². The molecule has 0 aromatic carbocycles. The van der Waals surface area contributed by atoms with Crippen molar-refractivity contribution >= 4 is 34.8 Å². The largest absolute Gasteiger partial charge is 0.320 e. The summed E-state index contributed by atoms with van der Waals surface area (Å²) in [5.74, 6) is -0.191. The molecule has 3 N–H and O–H groups in total. The Kier molecular flexibility index (Phi) is 6.73. The van der Waals surface area contributed by atoms with Crippen molar-refractivity contribution in [2.24, 2.45) is 5.73 Å². The molecule has 1 atom stereocenters. The number of hydrogen-bond donors (Lipinski definition) is 2. The van der Waals surface area contributed by atoms with Gasteiger partial charge in [-0.05, 0) is 6.42 Å². The van der Waals surface area contributed by atoms with Gasteiger partial charge < -0.3 is 5.73 Å². The molecule has 0 aliphatic carbocycles. The first-order chi connectivity index (χ1) is 7.84. The van der Waals surface area contributed by atoms with Crippen LogP contribution in [0.2, 0.25) is 0 Å². The molecule has 1 aromatic rings. The average molecular weight is 293 g/mol. The second-order valence-electron chi connectivity index (χ2n) is 5.05. The number of carbonyl (C=O) groups is 1. The number of rotatable bonds is 4. The lowest BCUT2D eigenvalue weighted by atomic mass is 9.98. The van der Waals surface area contributed by atoms with Gasteiger partial charge in [0.05, 0.1) is 6.04 Å². The highest BCUT2D eigenvalue weighted by atomic mass is 35.5. The number of nitrogens with two attached hydrogens (primary N) is 1. The molecule has 1 aromatic heterocycles. The van der Waals surface area contributed by atoms with Gasteiger partial charge in [0.1, 0.15) is 5.01 Å². The minimum Gasteiger partial charge on any atom is -0.320 e. The third kappa shape index (κ3) is 4.88. The molecule has 0 radical (unpaired) electrons. The summed E-state index contributed by atoms with van der Waals surface area (Å²) in [6, 6.07) is -0.470. The Morgan fingerprint density at radius 2 is 2.06 bits per heavy atom. The maximum absolute atomic E-state index is 11.7. The standard InChI is InChI=1S/C11H20N4OS.ClH/c1-5-6-7(12)8(16)13-10-15-14-9(17-10)11(2,3)4;/h7H,5-6,12H2,1-4H3,(H,13,15,16);1H. The number of nitrogens with one attached hydrogen (secondary N) is 1. The van der Waals surface area contributed by atoms with Crippen LogP contribution in [0, 0.1) is 0 Å². The minimum absolute atomic E-state index is 0. The highest BCUT2D eigenvalue weighted by molar-refractivity contribution is 7.15. The molecular weight excluding hydrogens is 272 g/mol. The number of amides is 1. The van der Waals surface area contributed by atoms with Crippen LogP contribution in [0.1, 0.15) is 45.5 Å². The van der Waals surface area contributed by atoms with Crippen LogP contribution in [0.3, 0.4) is 0 Å². The van der Waals surface area contributed by atoms with Gasteiger partial charge >= 0.3 is 0 Å². The van der Waals surface area contributed by atoms with E-state index in [1.54, 1.807) is 0 Å². The highest BCUT2D eigenvalue weighted by Gasteiger charge is 2.21. The van der Waals surface area contributed by atoms with Crippen LogP contribution in [0.4, 0.5) is 5.13 Å². The molecule has 1 amide bonds. The van der Waals surface area contributed by atoms with Crippen molar-refractivity contribution < 1.29 is 4.79 Å². The van der Waals surface area contributed by atoms with Gasteiger partial charge in [-0.25, -0.2) is 0 Å². The van der Waals surface area contributed by atoms with Crippen LogP contribution in [0.15, 0.2) is 0 Å². The molecule has 104 valence electrons. The van der Waals surface area contributed by atoms with E-state index in [-0.39, 0.29) is 23.7 Å². The molecule has 0 aliphatic heterocycles. The van der Waals surface area contributed by atoms with Crippen molar-refractivity contribution in [3.63, 3.8) is 0 Å². The number of carbonyl (C=O) groups excluding carboxylic acids is 1. The van der Waals surface area contributed by atoms with E-state index in [0.717, 1.165) is 11.4 Å². The molecule has 7 heteroatoms. The van der Waals surface area contributed by atoms with Crippen LogP contribution in [-0.4, -0.2) is 22.1 Å². The summed E-state index contributed by atoms with van der Waals surface area (Å²) in [6.45, 7) is 8.17. The second-order valence-corrected chi connectivity index (χ2v) is 6.02. The first-order valence-electron chi connectivity index (χ1n) is 5.75. The van der Waals surface area contributed by atoms with Gasteiger partial charge in [-0.3, -0.25) is 10.1 Å². The summed E-state index contributed by atoms with van der Waals surface area (Å²) in [6.07, 6.45) is 1.56. The van der Waals surface area contributed by atoms with Gasteiger partial charge in [-0.15, -0.1) is 22.6 Å². The molecule has 1 rings (SSSR count). The molecule has 1 heterocycles. The van der Waals surface area contributed by atoms with Crippen LogP contribution < -0.4 is 11.1 Å².